The monoisotopic (exact) mass is 92.0 g/mol. The Balaban J connectivity index is 3.35. The second-order valence-corrected chi connectivity index (χ2v) is 1.03. The van der Waals surface area contributed by atoms with Gasteiger partial charge in [-0.25, -0.2) is 0 Å². The summed E-state index contributed by atoms with van der Waals surface area (Å²) in [7, 11) is -3.04. The third-order valence-corrected chi connectivity index (χ3v) is 0.236. The molecular weight excluding hydrogens is 92.0 g/mol. The van der Waals surface area contributed by atoms with Gasteiger partial charge in [0, 0.05) is 0 Å². The Hall–Kier alpha value is -0.480. The zero-order chi connectivity index (χ0) is 4.28. The molecule has 0 N–H and O–H groups in total. The maximum atomic E-state index is 10.6. The van der Waals surface area contributed by atoms with Crippen LogP contribution in [-0.4, -0.2) is 0 Å². The molecule has 4 heteroatoms. The minimum atomic E-state index is -3.04. The van der Waals surface area contributed by atoms with E-state index in [2.05, 4.69) is 0 Å². The van der Waals surface area contributed by atoms with Gasteiger partial charge in [-0.15, -0.1) is 5.26 Å². The number of nitrogens with zero attached hydrogens (tertiary/aromatic N) is 1. The van der Waals surface area contributed by atoms with Gasteiger partial charge in [-0.05, 0) is 4.57 Å². The van der Waals surface area contributed by atoms with Crippen molar-refractivity contribution in [1.29, 1.82) is 5.26 Å². The van der Waals surface area contributed by atoms with Gasteiger partial charge in [0.15, 0.2) is 0 Å². The highest BCUT2D eigenvalue weighted by atomic mass is 31.1. The molecule has 0 aromatic rings. The van der Waals surface area contributed by atoms with Gasteiger partial charge in [-0.2, -0.15) is 0 Å². The molecule has 0 radical (unpaired) electrons. The number of nitriles is 1. The summed E-state index contributed by atoms with van der Waals surface area (Å²) < 4.78 is 19.5. The van der Waals surface area contributed by atoms with Crippen molar-refractivity contribution in [3.8, 4) is 5.81 Å². The fourth-order valence-electron chi connectivity index (χ4n) is 0. The summed E-state index contributed by atoms with van der Waals surface area (Å²) in [5.41, 5.74) is 0. The second-order valence-electron chi connectivity index (χ2n) is 0.345. The fourth-order valence-corrected chi connectivity index (χ4v) is 0. The topological polar surface area (TPSA) is 40.9 Å². The minimum absolute atomic E-state index is 0.870. The van der Waals surface area contributed by atoms with Crippen LogP contribution in [0, 0.1) is 11.1 Å². The van der Waals surface area contributed by atoms with Crippen molar-refractivity contribution < 1.29 is 8.76 Å². The van der Waals surface area contributed by atoms with Crippen molar-refractivity contribution in [3.05, 3.63) is 0 Å². The summed E-state index contributed by atoms with van der Waals surface area (Å²) in [4.78, 5) is 0. The molecule has 0 aliphatic rings. The fraction of sp³-hybridized carbons (Fsp3) is 0. The lowest BCUT2D eigenvalue weighted by molar-refractivity contribution is 0.567. The van der Waals surface area contributed by atoms with Crippen molar-refractivity contribution >= 4 is 8.11 Å². The Labute approximate surface area is 29.1 Å². The van der Waals surface area contributed by atoms with Crippen molar-refractivity contribution in [3.63, 3.8) is 0 Å². The van der Waals surface area contributed by atoms with E-state index in [1.165, 1.54) is 0 Å². The third kappa shape index (κ3) is 3.52. The molecule has 0 aromatic carbocycles. The van der Waals surface area contributed by atoms with Crippen LogP contribution in [0.2, 0.25) is 0 Å². The highest BCUT2D eigenvalue weighted by Crippen LogP contribution is 2.16. The second kappa shape index (κ2) is 1.80. The van der Waals surface area contributed by atoms with Crippen LogP contribution < -0.4 is 0 Å². The van der Waals surface area contributed by atoms with Crippen LogP contribution >= 0.6 is 8.11 Å². The lowest BCUT2D eigenvalue weighted by atomic mass is 11.8. The summed E-state index contributed by atoms with van der Waals surface area (Å²) in [6.45, 7) is 0. The maximum Gasteiger partial charge on any atom is 0.678 e. The third-order valence-electron chi connectivity index (χ3n) is 0.0786. The minimum Gasteiger partial charge on any atom is -0.135 e. The molecule has 0 saturated heterocycles. The smallest absolute Gasteiger partial charge is 0.135 e. The molecular formula is CFNOP+. The maximum absolute atomic E-state index is 10.6. The van der Waals surface area contributed by atoms with E-state index in [1.54, 1.807) is 0 Å². The molecule has 0 amide bonds. The predicted octanol–water partition coefficient (Wildman–Crippen LogP) is 1.18. The molecule has 0 spiro atoms. The van der Waals surface area contributed by atoms with Crippen LogP contribution in [0.4, 0.5) is 4.20 Å². The largest absolute Gasteiger partial charge is 0.678 e. The molecule has 0 bridgehead atoms. The Morgan fingerprint density at radius 2 is 2.20 bits per heavy atom. The molecule has 1 atom stereocenters. The molecule has 5 heavy (non-hydrogen) atoms. The van der Waals surface area contributed by atoms with Crippen LogP contribution in [0.3, 0.4) is 0 Å². The molecule has 0 aromatic heterocycles. The lowest BCUT2D eigenvalue weighted by Gasteiger charge is -1.24. The van der Waals surface area contributed by atoms with Crippen LogP contribution in [0.15, 0.2) is 0 Å². The Morgan fingerprint density at radius 1 is 2.00 bits per heavy atom. The molecule has 0 aliphatic carbocycles. The van der Waals surface area contributed by atoms with Gasteiger partial charge in [-0.1, -0.05) is 0 Å². The summed E-state index contributed by atoms with van der Waals surface area (Å²) in [6, 6.07) is 0. The van der Waals surface area contributed by atoms with E-state index in [0.29, 0.717) is 0 Å². The van der Waals surface area contributed by atoms with Gasteiger partial charge >= 0.3 is 13.9 Å². The van der Waals surface area contributed by atoms with Crippen LogP contribution in [-0.2, 0) is 4.57 Å². The van der Waals surface area contributed by atoms with Gasteiger partial charge < -0.3 is 0 Å². The van der Waals surface area contributed by atoms with E-state index in [1.807, 2.05) is 0 Å². The molecule has 2 nitrogen and oxygen atoms in total. The van der Waals surface area contributed by atoms with Crippen LogP contribution in [0.1, 0.15) is 0 Å². The zero-order valence-corrected chi connectivity index (χ0v) is 3.08. The average molecular weight is 92.0 g/mol. The highest BCUT2D eigenvalue weighted by molar-refractivity contribution is 7.44. The van der Waals surface area contributed by atoms with Gasteiger partial charge in [0.2, 0.25) is 0 Å². The summed E-state index contributed by atoms with van der Waals surface area (Å²) >= 11 is 0. The van der Waals surface area contributed by atoms with E-state index >= 15 is 0 Å². The molecule has 0 fully saturated rings. The van der Waals surface area contributed by atoms with Gasteiger partial charge in [0.25, 0.3) is 0 Å². The van der Waals surface area contributed by atoms with Crippen molar-refractivity contribution in [2.24, 2.45) is 0 Å². The van der Waals surface area contributed by atoms with Crippen molar-refractivity contribution in [1.82, 2.24) is 0 Å². The zero-order valence-electron chi connectivity index (χ0n) is 2.18. The SMILES string of the molecule is N#C[P+](=O)F. The number of hydrogen-bond acceptors (Lipinski definition) is 2. The standard InChI is InChI=1S/CFNOP/c2-5(4)1-3/q+1. The Bertz CT molecular complexity index is 84.1. The summed E-state index contributed by atoms with van der Waals surface area (Å²) in [6.07, 6.45) is 0. The van der Waals surface area contributed by atoms with Crippen LogP contribution in [0.5, 0.6) is 0 Å². The van der Waals surface area contributed by atoms with Crippen molar-refractivity contribution in [2.45, 2.75) is 0 Å². The summed E-state index contributed by atoms with van der Waals surface area (Å²) in [5.74, 6) is 0.870. The van der Waals surface area contributed by atoms with Gasteiger partial charge in [0.05, 0.1) is 4.20 Å². The first kappa shape index (κ1) is 4.52. The van der Waals surface area contributed by atoms with E-state index in [0.717, 1.165) is 5.81 Å². The highest BCUT2D eigenvalue weighted by Gasteiger charge is 2.07. The Kier molecular flexibility index (Phi) is 1.63. The molecule has 0 rings (SSSR count). The first-order valence-electron chi connectivity index (χ1n) is 0.799. The van der Waals surface area contributed by atoms with E-state index in [4.69, 9.17) is 9.83 Å². The Morgan fingerprint density at radius 3 is 2.20 bits per heavy atom. The quantitative estimate of drug-likeness (QED) is 0.421. The first-order chi connectivity index (χ1) is 2.27. The number of halogens is 1. The molecule has 1 unspecified atom stereocenters. The first-order valence-corrected chi connectivity index (χ1v) is 1.95. The van der Waals surface area contributed by atoms with Crippen LogP contribution in [0.25, 0.3) is 0 Å². The summed E-state index contributed by atoms with van der Waals surface area (Å²) in [5, 5.41) is 7.23. The number of hydrogen-bond donors (Lipinski definition) is 0. The molecule has 0 heterocycles. The average Bonchev–Trinajstić information content (AvgIpc) is 1.38. The van der Waals surface area contributed by atoms with E-state index in [-0.39, 0.29) is 0 Å². The number of rotatable bonds is 0. The molecule has 26 valence electrons. The lowest BCUT2D eigenvalue weighted by Crippen LogP contribution is -1.23. The normalized spacial score (nSPS) is 9.20. The van der Waals surface area contributed by atoms with E-state index in [9.17, 15) is 4.20 Å². The van der Waals surface area contributed by atoms with Gasteiger partial charge in [-0.3, -0.25) is 0 Å². The predicted molar refractivity (Wildman–Crippen MR) is 14.3 cm³/mol. The van der Waals surface area contributed by atoms with Crippen molar-refractivity contribution in [2.75, 3.05) is 0 Å². The van der Waals surface area contributed by atoms with Gasteiger partial charge in [0.1, 0.15) is 0 Å². The molecule has 0 aliphatic heterocycles. The van der Waals surface area contributed by atoms with E-state index < -0.39 is 8.11 Å². The molecule has 0 saturated carbocycles.